The van der Waals surface area contributed by atoms with E-state index in [1.165, 1.54) is 32.4 Å². The maximum atomic E-state index is 4.88. The average Bonchev–Trinajstić information content (AvgIpc) is 2.06. The lowest BCUT2D eigenvalue weighted by Crippen LogP contribution is -2.34. The molecule has 0 aromatic rings. The second-order valence-electron chi connectivity index (χ2n) is 3.01. The number of rotatable bonds is 3. The first kappa shape index (κ1) is 9.86. The first-order chi connectivity index (χ1) is 5.33. The van der Waals surface area contributed by atoms with Gasteiger partial charge in [-0.3, -0.25) is 0 Å². The summed E-state index contributed by atoms with van der Waals surface area (Å²) in [6, 6.07) is 0. The lowest BCUT2D eigenvalue weighted by Gasteiger charge is -2.27. The highest BCUT2D eigenvalue weighted by Crippen LogP contribution is 2.10. The van der Waals surface area contributed by atoms with E-state index < -0.39 is 0 Å². The van der Waals surface area contributed by atoms with Gasteiger partial charge in [0.1, 0.15) is 0 Å². The van der Waals surface area contributed by atoms with Crippen molar-refractivity contribution in [2.45, 2.75) is 23.2 Å². The smallest absolute Gasteiger partial charge is 0.0519 e. The van der Waals surface area contributed by atoms with E-state index >= 15 is 0 Å². The lowest BCUT2D eigenvalue weighted by molar-refractivity contribution is 0.239. The van der Waals surface area contributed by atoms with Gasteiger partial charge in [-0.1, -0.05) is 41.2 Å². The van der Waals surface area contributed by atoms with Gasteiger partial charge in [0, 0.05) is 6.54 Å². The Kier molecular flexibility index (Phi) is 4.87. The van der Waals surface area contributed by atoms with E-state index in [2.05, 4.69) is 27.5 Å². The van der Waals surface area contributed by atoms with Crippen LogP contribution in [-0.2, 0) is 0 Å². The molecule has 0 aliphatic carbocycles. The van der Waals surface area contributed by atoms with Crippen molar-refractivity contribution in [1.29, 1.82) is 0 Å². The fraction of sp³-hybridized carbons (Fsp3) is 0.875. The quantitative estimate of drug-likeness (QED) is 0.444. The number of halogens is 1. The van der Waals surface area contributed by atoms with Gasteiger partial charge in [0.2, 0.25) is 0 Å². The maximum absolute atomic E-state index is 4.88. The van der Waals surface area contributed by atoms with Gasteiger partial charge in [-0.05, 0) is 31.3 Å². The van der Waals surface area contributed by atoms with Crippen molar-refractivity contribution in [1.82, 2.24) is 4.90 Å². The Morgan fingerprint density at radius 2 is 2.00 bits per heavy atom. The zero-order chi connectivity index (χ0) is 8.10. The summed E-state index contributed by atoms with van der Waals surface area (Å²) in [5.41, 5.74) is 0. The van der Waals surface area contributed by atoms with Crippen LogP contribution in [0.3, 0.4) is 0 Å². The van der Waals surface area contributed by atoms with Gasteiger partial charge in [0.05, 0.1) is 3.92 Å². The molecule has 0 aromatic carbocycles. The van der Waals surface area contributed by atoms with E-state index in [-0.39, 0.29) is 0 Å². The summed E-state index contributed by atoms with van der Waals surface area (Å²) in [5.74, 6) is 0. The third-order valence-corrected chi connectivity index (χ3v) is 3.60. The standard InChI is InChI=1S/C8H14INS/c9-8(7-11)6-10-4-2-1-3-5-10/h7-8H,1-6H2. The van der Waals surface area contributed by atoms with Gasteiger partial charge >= 0.3 is 0 Å². The van der Waals surface area contributed by atoms with Crippen molar-refractivity contribution >= 4 is 40.2 Å². The maximum Gasteiger partial charge on any atom is 0.0519 e. The minimum absolute atomic E-state index is 0.556. The summed E-state index contributed by atoms with van der Waals surface area (Å²) in [6.45, 7) is 3.72. The predicted octanol–water partition coefficient (Wildman–Crippen LogP) is 2.28. The highest BCUT2D eigenvalue weighted by molar-refractivity contribution is 14.1. The van der Waals surface area contributed by atoms with Crippen molar-refractivity contribution in [2.75, 3.05) is 19.6 Å². The van der Waals surface area contributed by atoms with Crippen LogP contribution < -0.4 is 0 Å². The summed E-state index contributed by atoms with van der Waals surface area (Å²) in [5, 5.41) is 1.87. The summed E-state index contributed by atoms with van der Waals surface area (Å²) in [6.07, 6.45) is 4.17. The van der Waals surface area contributed by atoms with E-state index in [0.717, 1.165) is 6.54 Å². The summed E-state index contributed by atoms with van der Waals surface area (Å²) in [4.78, 5) is 2.52. The number of thiocarbonyl (C=S) groups is 1. The molecule has 1 aliphatic heterocycles. The van der Waals surface area contributed by atoms with Crippen molar-refractivity contribution in [3.63, 3.8) is 0 Å². The summed E-state index contributed by atoms with van der Waals surface area (Å²) in [7, 11) is 0. The molecule has 64 valence electrons. The van der Waals surface area contributed by atoms with Gasteiger partial charge in [0.15, 0.2) is 0 Å². The van der Waals surface area contributed by atoms with Crippen LogP contribution in [0.2, 0.25) is 0 Å². The third-order valence-electron chi connectivity index (χ3n) is 2.03. The molecular formula is C8H14INS. The zero-order valence-corrected chi connectivity index (χ0v) is 9.60. The highest BCUT2D eigenvalue weighted by atomic mass is 127. The molecule has 1 fully saturated rings. The molecule has 0 amide bonds. The molecule has 1 atom stereocenters. The lowest BCUT2D eigenvalue weighted by atomic mass is 10.1. The van der Waals surface area contributed by atoms with Crippen molar-refractivity contribution < 1.29 is 0 Å². The number of hydrogen-bond donors (Lipinski definition) is 0. The highest BCUT2D eigenvalue weighted by Gasteiger charge is 2.11. The first-order valence-electron chi connectivity index (χ1n) is 4.14. The molecular weight excluding hydrogens is 269 g/mol. The SMILES string of the molecule is S=CC(I)CN1CCCCC1. The minimum Gasteiger partial charge on any atom is -0.302 e. The number of nitrogens with zero attached hydrogens (tertiary/aromatic N) is 1. The number of likely N-dealkylation sites (tertiary alicyclic amines) is 1. The second-order valence-corrected chi connectivity index (χ2v) is 4.89. The van der Waals surface area contributed by atoms with E-state index in [9.17, 15) is 0 Å². The first-order valence-corrected chi connectivity index (χ1v) is 5.86. The fourth-order valence-corrected chi connectivity index (χ4v) is 2.07. The second kappa shape index (κ2) is 5.43. The molecule has 1 rings (SSSR count). The van der Waals surface area contributed by atoms with E-state index in [4.69, 9.17) is 12.2 Å². The van der Waals surface area contributed by atoms with Crippen molar-refractivity contribution in [3.8, 4) is 0 Å². The molecule has 0 N–H and O–H groups in total. The number of piperidine rings is 1. The van der Waals surface area contributed by atoms with Crippen molar-refractivity contribution in [2.24, 2.45) is 0 Å². The van der Waals surface area contributed by atoms with Crippen LogP contribution in [0.4, 0.5) is 0 Å². The third kappa shape index (κ3) is 3.80. The predicted molar refractivity (Wildman–Crippen MR) is 61.8 cm³/mol. The Labute approximate surface area is 87.7 Å². The van der Waals surface area contributed by atoms with Gasteiger partial charge < -0.3 is 4.90 Å². The fourth-order valence-electron chi connectivity index (χ4n) is 1.43. The van der Waals surface area contributed by atoms with Crippen LogP contribution in [0.5, 0.6) is 0 Å². The normalized spacial score (nSPS) is 23.0. The Morgan fingerprint density at radius 3 is 2.55 bits per heavy atom. The Hall–Kier alpha value is 0.780. The molecule has 3 heteroatoms. The molecule has 0 radical (unpaired) electrons. The molecule has 1 saturated heterocycles. The molecule has 1 nitrogen and oxygen atoms in total. The molecule has 0 bridgehead atoms. The van der Waals surface area contributed by atoms with Crippen LogP contribution >= 0.6 is 34.8 Å². The molecule has 1 unspecified atom stereocenters. The van der Waals surface area contributed by atoms with E-state index in [1.807, 2.05) is 5.37 Å². The van der Waals surface area contributed by atoms with Crippen LogP contribution in [0.25, 0.3) is 0 Å². The molecule has 0 aromatic heterocycles. The molecule has 1 aliphatic rings. The largest absolute Gasteiger partial charge is 0.302 e. The minimum atomic E-state index is 0.556. The molecule has 11 heavy (non-hydrogen) atoms. The van der Waals surface area contributed by atoms with Crippen molar-refractivity contribution in [3.05, 3.63) is 0 Å². The van der Waals surface area contributed by atoms with E-state index in [0.29, 0.717) is 3.92 Å². The van der Waals surface area contributed by atoms with E-state index in [1.54, 1.807) is 0 Å². The molecule has 0 saturated carbocycles. The Balaban J connectivity index is 2.18. The van der Waals surface area contributed by atoms with Crippen LogP contribution in [-0.4, -0.2) is 33.8 Å². The number of alkyl halides is 1. The van der Waals surface area contributed by atoms with Crippen LogP contribution in [0, 0.1) is 0 Å². The van der Waals surface area contributed by atoms with Gasteiger partial charge in [0.25, 0.3) is 0 Å². The molecule has 0 spiro atoms. The van der Waals surface area contributed by atoms with Crippen LogP contribution in [0.15, 0.2) is 0 Å². The Bertz CT molecular complexity index is 123. The summed E-state index contributed by atoms with van der Waals surface area (Å²) >= 11 is 7.29. The monoisotopic (exact) mass is 283 g/mol. The average molecular weight is 283 g/mol. The summed E-state index contributed by atoms with van der Waals surface area (Å²) < 4.78 is 0.556. The Morgan fingerprint density at radius 1 is 1.36 bits per heavy atom. The van der Waals surface area contributed by atoms with Gasteiger partial charge in [-0.25, -0.2) is 0 Å². The zero-order valence-electron chi connectivity index (χ0n) is 6.63. The van der Waals surface area contributed by atoms with Crippen LogP contribution in [0.1, 0.15) is 19.3 Å². The van der Waals surface area contributed by atoms with Gasteiger partial charge in [-0.2, -0.15) is 0 Å². The number of hydrogen-bond acceptors (Lipinski definition) is 2. The van der Waals surface area contributed by atoms with Gasteiger partial charge in [-0.15, -0.1) is 0 Å². The topological polar surface area (TPSA) is 3.24 Å². The molecule has 1 heterocycles.